The molecule has 0 radical (unpaired) electrons. The van der Waals surface area contributed by atoms with Crippen LogP contribution in [0.3, 0.4) is 0 Å². The topological polar surface area (TPSA) is 44.6 Å². The van der Waals surface area contributed by atoms with Crippen molar-refractivity contribution in [1.29, 1.82) is 0 Å². The third kappa shape index (κ3) is 5.18. The second kappa shape index (κ2) is 9.00. The zero-order valence-corrected chi connectivity index (χ0v) is 18.5. The molecule has 1 atom stereocenters. The summed E-state index contributed by atoms with van der Waals surface area (Å²) in [5.74, 6) is 0. The summed E-state index contributed by atoms with van der Waals surface area (Å²) in [7, 11) is 1.59. The van der Waals surface area contributed by atoms with Gasteiger partial charge in [-0.3, -0.25) is 0 Å². The van der Waals surface area contributed by atoms with Gasteiger partial charge in [0.2, 0.25) is 0 Å². The fraction of sp³-hybridized carbons (Fsp3) is 0.364. The average molecular weight is 402 g/mol. The van der Waals surface area contributed by atoms with E-state index >= 15 is 0 Å². The average Bonchev–Trinajstić information content (AvgIpc) is 2.64. The summed E-state index contributed by atoms with van der Waals surface area (Å²) < 4.78 is 21.7. The number of nitrogens with zero attached hydrogens (tertiary/aromatic N) is 1. The Bertz CT molecular complexity index is 854. The molecule has 0 saturated carbocycles. The first kappa shape index (κ1) is 21.6. The molecule has 1 unspecified atom stereocenters. The van der Waals surface area contributed by atoms with Crippen molar-refractivity contribution in [2.24, 2.45) is 4.40 Å². The van der Waals surface area contributed by atoms with Crippen LogP contribution in [0.15, 0.2) is 40.8 Å². The van der Waals surface area contributed by atoms with E-state index in [9.17, 15) is 4.55 Å². The van der Waals surface area contributed by atoms with Gasteiger partial charge < -0.3 is 9.29 Å². The van der Waals surface area contributed by atoms with Crippen molar-refractivity contribution in [3.63, 3.8) is 0 Å². The van der Waals surface area contributed by atoms with Crippen LogP contribution in [0.1, 0.15) is 49.9 Å². The predicted octanol–water partition coefficient (Wildman–Crippen LogP) is 5.43. The van der Waals surface area contributed by atoms with Gasteiger partial charge in [-0.1, -0.05) is 35.6 Å². The molecule has 0 aliphatic heterocycles. The predicted molar refractivity (Wildman–Crippen MR) is 120 cm³/mol. The fourth-order valence-corrected chi connectivity index (χ4v) is 3.43. The van der Waals surface area contributed by atoms with E-state index in [4.69, 9.17) is 17.0 Å². The van der Waals surface area contributed by atoms with Gasteiger partial charge in [0.05, 0.1) is 13.3 Å². The molecule has 2 rings (SSSR count). The molecule has 2 aromatic rings. The first-order valence-corrected chi connectivity index (χ1v) is 10.5. The zero-order chi connectivity index (χ0) is 20.2. The molecule has 0 saturated heterocycles. The number of benzene rings is 2. The van der Waals surface area contributed by atoms with Gasteiger partial charge in [0.25, 0.3) is 0 Å². The number of ether oxygens (including phenoxy) is 1. The number of methoxy groups -OCH3 is 1. The highest BCUT2D eigenvalue weighted by Crippen LogP contribution is 2.32. The number of hydrogen-bond donors (Lipinski definition) is 0. The van der Waals surface area contributed by atoms with Gasteiger partial charge in [-0.25, -0.2) is 0 Å². The maximum absolute atomic E-state index is 12.4. The first-order valence-electron chi connectivity index (χ1n) is 8.96. The van der Waals surface area contributed by atoms with Crippen molar-refractivity contribution in [2.75, 3.05) is 7.11 Å². The molecule has 3 nitrogen and oxygen atoms in total. The van der Waals surface area contributed by atoms with Gasteiger partial charge in [0.15, 0.2) is 5.05 Å². The number of rotatable bonds is 5. The number of aryl methyl sites for hydroxylation is 2. The van der Waals surface area contributed by atoms with Gasteiger partial charge >= 0.3 is 0 Å². The molecule has 0 amide bonds. The van der Waals surface area contributed by atoms with Crippen molar-refractivity contribution in [3.8, 4) is 11.1 Å². The Kier molecular flexibility index (Phi) is 7.20. The van der Waals surface area contributed by atoms with E-state index < -0.39 is 16.1 Å². The summed E-state index contributed by atoms with van der Waals surface area (Å²) in [6.07, 6.45) is 2.64. The highest BCUT2D eigenvalue weighted by atomic mass is 32.2. The lowest BCUT2D eigenvalue weighted by Crippen LogP contribution is -2.25. The molecule has 2 aromatic carbocycles. The van der Waals surface area contributed by atoms with Crippen LogP contribution in [0, 0.1) is 6.92 Å². The molecule has 0 spiro atoms. The van der Waals surface area contributed by atoms with Gasteiger partial charge in [-0.05, 0) is 80.7 Å². The SMILES string of the molecule is CCc1ccc(-c2c(C)cccc2C(=S)OC)c(/C=N\[S+]([O-])C(C)(C)C)c1. The summed E-state index contributed by atoms with van der Waals surface area (Å²) >= 11 is 4.10. The van der Waals surface area contributed by atoms with Crippen molar-refractivity contribution < 1.29 is 9.29 Å². The zero-order valence-electron chi connectivity index (χ0n) is 16.8. The van der Waals surface area contributed by atoms with Crippen molar-refractivity contribution in [3.05, 3.63) is 58.7 Å². The maximum Gasteiger partial charge on any atom is 0.191 e. The Balaban J connectivity index is 2.66. The van der Waals surface area contributed by atoms with E-state index in [1.165, 1.54) is 5.56 Å². The van der Waals surface area contributed by atoms with Crippen LogP contribution in [0.25, 0.3) is 11.1 Å². The smallest absolute Gasteiger partial charge is 0.191 e. The summed E-state index contributed by atoms with van der Waals surface area (Å²) in [4.78, 5) is 0. The monoisotopic (exact) mass is 401 g/mol. The Morgan fingerprint density at radius 1 is 1.26 bits per heavy atom. The van der Waals surface area contributed by atoms with E-state index in [0.29, 0.717) is 5.05 Å². The lowest BCUT2D eigenvalue weighted by molar-refractivity contribution is 0.416. The molecule has 0 heterocycles. The molecule has 0 N–H and O–H groups in total. The van der Waals surface area contributed by atoms with Gasteiger partial charge in [0.1, 0.15) is 16.1 Å². The molecule has 0 aliphatic rings. The highest BCUT2D eigenvalue weighted by molar-refractivity contribution is 7.91. The van der Waals surface area contributed by atoms with Crippen molar-refractivity contribution in [1.82, 2.24) is 0 Å². The number of hydrogen-bond acceptors (Lipinski definition) is 4. The summed E-state index contributed by atoms with van der Waals surface area (Å²) in [5, 5.41) is 0.453. The molecule has 0 fully saturated rings. The van der Waals surface area contributed by atoms with E-state index in [1.54, 1.807) is 13.3 Å². The van der Waals surface area contributed by atoms with Gasteiger partial charge in [-0.2, -0.15) is 0 Å². The van der Waals surface area contributed by atoms with E-state index in [0.717, 1.165) is 34.2 Å². The summed E-state index contributed by atoms with van der Waals surface area (Å²) in [5.41, 5.74) is 6.14. The van der Waals surface area contributed by atoms with E-state index in [1.807, 2.05) is 32.9 Å². The molecular formula is C22H27NO2S2. The van der Waals surface area contributed by atoms with Crippen LogP contribution in [0.4, 0.5) is 0 Å². The van der Waals surface area contributed by atoms with E-state index in [-0.39, 0.29) is 0 Å². The van der Waals surface area contributed by atoms with E-state index in [2.05, 4.69) is 42.5 Å². The molecule has 27 heavy (non-hydrogen) atoms. The Labute approximate surface area is 171 Å². The summed E-state index contributed by atoms with van der Waals surface area (Å²) in [6, 6.07) is 12.3. The van der Waals surface area contributed by atoms with Crippen LogP contribution < -0.4 is 0 Å². The lowest BCUT2D eigenvalue weighted by Gasteiger charge is -2.19. The second-order valence-electron chi connectivity index (χ2n) is 7.36. The normalized spacial score (nSPS) is 13.0. The fourth-order valence-electron chi connectivity index (χ4n) is 2.73. The minimum Gasteiger partial charge on any atom is -0.591 e. The standard InChI is InChI=1S/C22H27NO2S2/c1-7-16-11-12-18(17(13-16)14-23-27(24)22(3,4)5)20-15(2)9-8-10-19(20)21(26)25-6/h8-14H,7H2,1-6H3/b23-14-. The van der Waals surface area contributed by atoms with Crippen LogP contribution in [-0.2, 0) is 22.5 Å². The molecular weight excluding hydrogens is 374 g/mol. The maximum atomic E-state index is 12.4. The summed E-state index contributed by atoms with van der Waals surface area (Å²) in [6.45, 7) is 9.92. The molecule has 0 aromatic heterocycles. The van der Waals surface area contributed by atoms with Crippen molar-refractivity contribution in [2.45, 2.75) is 45.8 Å². The molecule has 144 valence electrons. The van der Waals surface area contributed by atoms with Crippen LogP contribution >= 0.6 is 12.2 Å². The third-order valence-corrected chi connectivity index (χ3v) is 6.01. The van der Waals surface area contributed by atoms with Crippen LogP contribution in [-0.4, -0.2) is 27.7 Å². The minimum atomic E-state index is -1.31. The van der Waals surface area contributed by atoms with Gasteiger partial charge in [-0.15, -0.1) is 0 Å². The quantitative estimate of drug-likeness (QED) is 0.381. The van der Waals surface area contributed by atoms with Crippen LogP contribution in [0.5, 0.6) is 0 Å². The third-order valence-electron chi connectivity index (χ3n) is 4.28. The van der Waals surface area contributed by atoms with Gasteiger partial charge in [0, 0.05) is 11.1 Å². The Hall–Kier alpha value is -1.69. The van der Waals surface area contributed by atoms with Crippen LogP contribution in [0.2, 0.25) is 0 Å². The number of thiocarbonyl (C=S) groups is 1. The molecule has 5 heteroatoms. The minimum absolute atomic E-state index is 0.398. The Morgan fingerprint density at radius 2 is 1.96 bits per heavy atom. The highest BCUT2D eigenvalue weighted by Gasteiger charge is 2.26. The lowest BCUT2D eigenvalue weighted by atomic mass is 9.91. The molecule has 0 aliphatic carbocycles. The Morgan fingerprint density at radius 3 is 2.56 bits per heavy atom. The first-order chi connectivity index (χ1) is 12.7. The largest absolute Gasteiger partial charge is 0.591 e. The van der Waals surface area contributed by atoms with Crippen molar-refractivity contribution >= 4 is 34.8 Å². The second-order valence-corrected chi connectivity index (χ2v) is 9.66. The molecule has 0 bridgehead atoms.